The van der Waals surface area contributed by atoms with Gasteiger partial charge in [-0.3, -0.25) is 14.4 Å². The van der Waals surface area contributed by atoms with Crippen molar-refractivity contribution in [3.8, 4) is 0 Å². The molecule has 162 valence electrons. The highest BCUT2D eigenvalue weighted by atomic mass is 32.2. The predicted molar refractivity (Wildman–Crippen MR) is 121 cm³/mol. The molecule has 29 heavy (non-hydrogen) atoms. The number of thioether (sulfide) groups is 1. The van der Waals surface area contributed by atoms with Gasteiger partial charge in [-0.15, -0.1) is 11.8 Å². The fraction of sp³-hybridized carbons (Fsp3) is 0.609. The Morgan fingerprint density at radius 3 is 2.38 bits per heavy atom. The van der Waals surface area contributed by atoms with Crippen molar-refractivity contribution in [2.45, 2.75) is 76.4 Å². The number of benzene rings is 1. The van der Waals surface area contributed by atoms with Crippen LogP contribution >= 0.6 is 11.8 Å². The first-order chi connectivity index (χ1) is 14.1. The zero-order chi connectivity index (χ0) is 21.3. The van der Waals surface area contributed by atoms with Gasteiger partial charge >= 0.3 is 0 Å². The summed E-state index contributed by atoms with van der Waals surface area (Å²) >= 11 is 1.54. The molecule has 6 heteroatoms. The van der Waals surface area contributed by atoms with E-state index in [0.717, 1.165) is 37.7 Å². The van der Waals surface area contributed by atoms with Crippen LogP contribution in [0.4, 0.5) is 0 Å². The lowest BCUT2D eigenvalue weighted by atomic mass is 10.1. The van der Waals surface area contributed by atoms with E-state index in [1.807, 2.05) is 24.3 Å². The van der Waals surface area contributed by atoms with Crippen molar-refractivity contribution in [2.75, 3.05) is 12.3 Å². The number of primary amides is 1. The third kappa shape index (κ3) is 12.4. The molecule has 0 radical (unpaired) electrons. The van der Waals surface area contributed by atoms with Crippen LogP contribution in [0.25, 0.3) is 0 Å². The van der Waals surface area contributed by atoms with E-state index in [1.165, 1.54) is 37.7 Å². The van der Waals surface area contributed by atoms with Gasteiger partial charge < -0.3 is 11.1 Å². The summed E-state index contributed by atoms with van der Waals surface area (Å²) in [6.07, 6.45) is 10.9. The van der Waals surface area contributed by atoms with Crippen molar-refractivity contribution in [2.24, 2.45) is 5.73 Å². The minimum absolute atomic E-state index is 0.0879. The van der Waals surface area contributed by atoms with Crippen LogP contribution < -0.4 is 11.1 Å². The summed E-state index contributed by atoms with van der Waals surface area (Å²) in [5, 5.41) is 2.56. The Bertz CT molecular complexity index is 605. The van der Waals surface area contributed by atoms with Gasteiger partial charge in [0.05, 0.1) is 5.25 Å². The topological polar surface area (TPSA) is 89.3 Å². The summed E-state index contributed by atoms with van der Waals surface area (Å²) in [4.78, 5) is 34.4. The van der Waals surface area contributed by atoms with Crippen LogP contribution in [-0.4, -0.2) is 35.6 Å². The summed E-state index contributed by atoms with van der Waals surface area (Å²) < 4.78 is 0. The molecule has 3 N–H and O–H groups in total. The van der Waals surface area contributed by atoms with E-state index in [9.17, 15) is 14.4 Å². The molecule has 0 unspecified atom stereocenters. The quantitative estimate of drug-likeness (QED) is 0.291. The molecule has 2 amide bonds. The SMILES string of the molecule is CCCCCCCCS[C@@H](CC(N)=O)C(=O)NCCCCc1ccc(C=O)cc1. The Kier molecular flexibility index (Phi) is 13.9. The van der Waals surface area contributed by atoms with Crippen LogP contribution in [-0.2, 0) is 16.0 Å². The summed E-state index contributed by atoms with van der Waals surface area (Å²) in [5.41, 5.74) is 7.19. The van der Waals surface area contributed by atoms with Gasteiger partial charge in [-0.2, -0.15) is 0 Å². The molecule has 0 aliphatic rings. The number of carbonyl (C=O) groups is 3. The molecule has 5 nitrogen and oxygen atoms in total. The van der Waals surface area contributed by atoms with Crippen LogP contribution in [0.5, 0.6) is 0 Å². The van der Waals surface area contributed by atoms with Crippen molar-refractivity contribution in [3.63, 3.8) is 0 Å². The van der Waals surface area contributed by atoms with Gasteiger partial charge in [-0.1, -0.05) is 63.3 Å². The van der Waals surface area contributed by atoms with Crippen LogP contribution in [0, 0.1) is 0 Å². The zero-order valence-corrected chi connectivity index (χ0v) is 18.5. The van der Waals surface area contributed by atoms with Gasteiger partial charge in [-0.25, -0.2) is 0 Å². The zero-order valence-electron chi connectivity index (χ0n) is 17.7. The van der Waals surface area contributed by atoms with Gasteiger partial charge in [0.2, 0.25) is 11.8 Å². The summed E-state index contributed by atoms with van der Waals surface area (Å²) in [7, 11) is 0. The number of carbonyl (C=O) groups excluding carboxylic acids is 3. The average Bonchev–Trinajstić information content (AvgIpc) is 2.72. The summed E-state index contributed by atoms with van der Waals surface area (Å²) in [5.74, 6) is 0.364. The minimum Gasteiger partial charge on any atom is -0.370 e. The van der Waals surface area contributed by atoms with Gasteiger partial charge in [0.1, 0.15) is 6.29 Å². The number of unbranched alkanes of at least 4 members (excludes halogenated alkanes) is 6. The van der Waals surface area contributed by atoms with E-state index in [4.69, 9.17) is 5.73 Å². The maximum Gasteiger partial charge on any atom is 0.233 e. The predicted octanol–water partition coefficient (Wildman–Crippen LogP) is 4.28. The van der Waals surface area contributed by atoms with Crippen LogP contribution in [0.3, 0.4) is 0 Å². The Labute approximate surface area is 179 Å². The molecule has 0 aromatic heterocycles. The number of nitrogens with two attached hydrogens (primary N) is 1. The van der Waals surface area contributed by atoms with Gasteiger partial charge in [0.15, 0.2) is 0 Å². The number of amides is 2. The van der Waals surface area contributed by atoms with E-state index >= 15 is 0 Å². The fourth-order valence-corrected chi connectivity index (χ4v) is 4.23. The molecule has 0 bridgehead atoms. The third-order valence-electron chi connectivity index (χ3n) is 4.80. The van der Waals surface area contributed by atoms with Crippen LogP contribution in [0.15, 0.2) is 24.3 Å². The van der Waals surface area contributed by atoms with E-state index in [-0.39, 0.29) is 17.6 Å². The standard InChI is InChI=1S/C23H36N2O3S/c1-2-3-4-5-6-9-16-29-21(17-22(24)27)23(28)25-15-8-7-10-19-11-13-20(18-26)14-12-19/h11-14,18,21H,2-10,15-17H2,1H3,(H2,24,27)(H,25,28)/t21-/m0/s1. The molecule has 1 aromatic rings. The maximum atomic E-state index is 12.4. The van der Waals surface area contributed by atoms with Crippen LogP contribution in [0.2, 0.25) is 0 Å². The molecule has 1 atom stereocenters. The highest BCUT2D eigenvalue weighted by Gasteiger charge is 2.20. The van der Waals surface area contributed by atoms with E-state index in [0.29, 0.717) is 12.1 Å². The molecular formula is C23H36N2O3S. The smallest absolute Gasteiger partial charge is 0.233 e. The number of rotatable bonds is 17. The maximum absolute atomic E-state index is 12.4. The first-order valence-corrected chi connectivity index (χ1v) is 11.8. The summed E-state index contributed by atoms with van der Waals surface area (Å²) in [6.45, 7) is 2.80. The molecule has 0 aliphatic carbocycles. The number of aryl methyl sites for hydroxylation is 1. The van der Waals surface area contributed by atoms with Crippen molar-refractivity contribution in [3.05, 3.63) is 35.4 Å². The van der Waals surface area contributed by atoms with E-state index in [2.05, 4.69) is 12.2 Å². The van der Waals surface area contributed by atoms with Crippen molar-refractivity contribution < 1.29 is 14.4 Å². The average molecular weight is 421 g/mol. The lowest BCUT2D eigenvalue weighted by Crippen LogP contribution is -2.36. The molecule has 0 fully saturated rings. The van der Waals surface area contributed by atoms with E-state index in [1.54, 1.807) is 11.8 Å². The molecule has 0 saturated carbocycles. The number of nitrogens with one attached hydrogen (secondary N) is 1. The second-order valence-corrected chi connectivity index (χ2v) is 8.72. The minimum atomic E-state index is -0.431. The van der Waals surface area contributed by atoms with Crippen LogP contribution in [0.1, 0.15) is 80.6 Å². The first-order valence-electron chi connectivity index (χ1n) is 10.8. The molecule has 1 rings (SSSR count). The van der Waals surface area contributed by atoms with Crippen molar-refractivity contribution in [1.29, 1.82) is 0 Å². The molecule has 0 spiro atoms. The Hall–Kier alpha value is -1.82. The van der Waals surface area contributed by atoms with Crippen molar-refractivity contribution >= 4 is 29.9 Å². The number of aldehydes is 1. The normalized spacial score (nSPS) is 11.8. The van der Waals surface area contributed by atoms with E-state index < -0.39 is 5.91 Å². The molecule has 1 aromatic carbocycles. The molecule has 0 aliphatic heterocycles. The third-order valence-corrected chi connectivity index (χ3v) is 6.11. The van der Waals surface area contributed by atoms with Gasteiger partial charge in [0.25, 0.3) is 0 Å². The van der Waals surface area contributed by atoms with Crippen molar-refractivity contribution in [1.82, 2.24) is 5.32 Å². The summed E-state index contributed by atoms with van der Waals surface area (Å²) in [6, 6.07) is 7.56. The second-order valence-electron chi connectivity index (χ2n) is 7.41. The number of hydrogen-bond acceptors (Lipinski definition) is 4. The second kappa shape index (κ2) is 16.0. The fourth-order valence-electron chi connectivity index (χ4n) is 3.06. The lowest BCUT2D eigenvalue weighted by Gasteiger charge is -2.15. The molecule has 0 saturated heterocycles. The molecular weight excluding hydrogens is 384 g/mol. The Morgan fingerprint density at radius 2 is 1.72 bits per heavy atom. The Balaban J connectivity index is 2.23. The number of hydrogen-bond donors (Lipinski definition) is 2. The first kappa shape index (κ1) is 25.2. The highest BCUT2D eigenvalue weighted by molar-refractivity contribution is 8.00. The highest BCUT2D eigenvalue weighted by Crippen LogP contribution is 2.18. The van der Waals surface area contributed by atoms with Gasteiger partial charge in [-0.05, 0) is 37.0 Å². The lowest BCUT2D eigenvalue weighted by molar-refractivity contribution is -0.124. The monoisotopic (exact) mass is 420 g/mol. The Morgan fingerprint density at radius 1 is 1.03 bits per heavy atom. The van der Waals surface area contributed by atoms with Gasteiger partial charge in [0, 0.05) is 18.5 Å². The molecule has 0 heterocycles. The largest absolute Gasteiger partial charge is 0.370 e.